The molecule has 4 aromatic rings. The highest BCUT2D eigenvalue weighted by atomic mass is 79.9. The number of carbonyl (C=O) groups excluding carboxylic acids is 2. The number of hydrogen-bond donors (Lipinski definition) is 1. The summed E-state index contributed by atoms with van der Waals surface area (Å²) < 4.78 is 7.72. The second-order valence-corrected chi connectivity index (χ2v) is 10.1. The van der Waals surface area contributed by atoms with Gasteiger partial charge in [-0.25, -0.2) is 0 Å². The fraction of sp³-hybridized carbons (Fsp3) is 0.172. The second kappa shape index (κ2) is 12.2. The Morgan fingerprint density at radius 1 is 0.861 bits per heavy atom. The third-order valence-corrected chi connectivity index (χ3v) is 7.31. The predicted molar refractivity (Wildman–Crippen MR) is 150 cm³/mol. The van der Waals surface area contributed by atoms with Crippen LogP contribution in [-0.4, -0.2) is 36.4 Å². The van der Waals surface area contributed by atoms with Crippen LogP contribution in [0.25, 0.3) is 10.8 Å². The van der Waals surface area contributed by atoms with Gasteiger partial charge < -0.3 is 15.0 Å². The van der Waals surface area contributed by atoms with Crippen LogP contribution in [0.1, 0.15) is 11.1 Å². The Hall–Kier alpha value is -3.16. The fourth-order valence-electron chi connectivity index (χ4n) is 4.05. The topological polar surface area (TPSA) is 58.6 Å². The van der Waals surface area contributed by atoms with Gasteiger partial charge in [-0.3, -0.25) is 9.59 Å². The van der Waals surface area contributed by atoms with Crippen molar-refractivity contribution < 1.29 is 14.3 Å². The molecule has 2 amide bonds. The number of likely N-dealkylation sites (N-methyl/N-ethyl adjacent to an activating group) is 1. The normalized spacial score (nSPS) is 11.6. The first-order valence-corrected chi connectivity index (χ1v) is 13.1. The van der Waals surface area contributed by atoms with Gasteiger partial charge in [0.25, 0.3) is 5.91 Å². The van der Waals surface area contributed by atoms with E-state index < -0.39 is 6.04 Å². The number of carbonyl (C=O) groups is 2. The summed E-state index contributed by atoms with van der Waals surface area (Å²) in [6, 6.07) is 28.5. The molecule has 0 radical (unpaired) electrons. The highest BCUT2D eigenvalue weighted by molar-refractivity contribution is 9.11. The van der Waals surface area contributed by atoms with Crippen LogP contribution in [0.4, 0.5) is 0 Å². The Bertz CT molecular complexity index is 1340. The van der Waals surface area contributed by atoms with Crippen LogP contribution in [0, 0.1) is 0 Å². The van der Waals surface area contributed by atoms with E-state index in [2.05, 4.69) is 37.2 Å². The minimum absolute atomic E-state index is 0.199. The summed E-state index contributed by atoms with van der Waals surface area (Å²) in [7, 11) is 1.59. The van der Waals surface area contributed by atoms with Crippen LogP contribution in [0.5, 0.6) is 5.75 Å². The zero-order chi connectivity index (χ0) is 25.5. The first kappa shape index (κ1) is 25.9. The zero-order valence-electron chi connectivity index (χ0n) is 19.8. The monoisotopic (exact) mass is 608 g/mol. The van der Waals surface area contributed by atoms with E-state index in [0.29, 0.717) is 12.2 Å². The van der Waals surface area contributed by atoms with Gasteiger partial charge in [0.1, 0.15) is 11.8 Å². The van der Waals surface area contributed by atoms with Crippen LogP contribution in [0.3, 0.4) is 0 Å². The molecule has 0 heterocycles. The molecular weight excluding hydrogens is 584 g/mol. The van der Waals surface area contributed by atoms with Gasteiger partial charge >= 0.3 is 0 Å². The van der Waals surface area contributed by atoms with E-state index in [4.69, 9.17) is 4.74 Å². The molecule has 0 aliphatic rings. The van der Waals surface area contributed by atoms with Gasteiger partial charge in [-0.05, 0) is 56.0 Å². The minimum atomic E-state index is -0.697. The first-order chi connectivity index (χ1) is 17.5. The molecule has 0 saturated carbocycles. The van der Waals surface area contributed by atoms with E-state index in [1.165, 1.54) is 0 Å². The Kier molecular flexibility index (Phi) is 8.78. The van der Waals surface area contributed by atoms with Crippen LogP contribution in [0.15, 0.2) is 99.9 Å². The van der Waals surface area contributed by atoms with Gasteiger partial charge in [0.05, 0.1) is 4.47 Å². The van der Waals surface area contributed by atoms with Crippen molar-refractivity contribution in [2.24, 2.45) is 0 Å². The Morgan fingerprint density at radius 3 is 2.28 bits per heavy atom. The highest BCUT2D eigenvalue weighted by Crippen LogP contribution is 2.33. The molecule has 0 fully saturated rings. The summed E-state index contributed by atoms with van der Waals surface area (Å²) in [6.45, 7) is 0.0784. The number of nitrogens with zero attached hydrogens (tertiary/aromatic N) is 1. The van der Waals surface area contributed by atoms with Gasteiger partial charge in [-0.1, -0.05) is 88.7 Å². The SMILES string of the molecule is CNC(=O)C(Cc1ccccc1)N(Cc1ccc(Br)cc1)C(=O)COc1ccc2ccccc2c1Br. The van der Waals surface area contributed by atoms with Crippen LogP contribution in [-0.2, 0) is 22.6 Å². The molecule has 5 nitrogen and oxygen atoms in total. The lowest BCUT2D eigenvalue weighted by Gasteiger charge is -2.31. The number of amides is 2. The average Bonchev–Trinajstić information content (AvgIpc) is 2.91. The summed E-state index contributed by atoms with van der Waals surface area (Å²) in [5.74, 6) is 0.0731. The van der Waals surface area contributed by atoms with Crippen molar-refractivity contribution in [3.05, 3.63) is 111 Å². The van der Waals surface area contributed by atoms with Crippen molar-refractivity contribution in [3.8, 4) is 5.75 Å². The third kappa shape index (κ3) is 6.33. The number of hydrogen-bond acceptors (Lipinski definition) is 3. The minimum Gasteiger partial charge on any atom is -0.483 e. The van der Waals surface area contributed by atoms with Gasteiger partial charge in [0.15, 0.2) is 6.61 Å². The lowest BCUT2D eigenvalue weighted by atomic mass is 10.0. The summed E-state index contributed by atoms with van der Waals surface area (Å²) in [6.07, 6.45) is 0.391. The van der Waals surface area contributed by atoms with E-state index in [1.54, 1.807) is 11.9 Å². The average molecular weight is 610 g/mol. The number of nitrogens with one attached hydrogen (secondary N) is 1. The molecule has 0 aliphatic heterocycles. The molecule has 36 heavy (non-hydrogen) atoms. The zero-order valence-corrected chi connectivity index (χ0v) is 23.0. The first-order valence-electron chi connectivity index (χ1n) is 11.6. The van der Waals surface area contributed by atoms with E-state index in [9.17, 15) is 9.59 Å². The Labute approximate surface area is 227 Å². The van der Waals surface area contributed by atoms with Gasteiger partial charge in [0.2, 0.25) is 5.91 Å². The molecule has 4 rings (SSSR count). The van der Waals surface area contributed by atoms with Crippen molar-refractivity contribution >= 4 is 54.4 Å². The number of fused-ring (bicyclic) bond motifs is 1. The van der Waals surface area contributed by atoms with Crippen molar-refractivity contribution in [3.63, 3.8) is 0 Å². The maximum atomic E-state index is 13.6. The highest BCUT2D eigenvalue weighted by Gasteiger charge is 2.30. The molecule has 4 aromatic carbocycles. The third-order valence-electron chi connectivity index (χ3n) is 5.96. The summed E-state index contributed by atoms with van der Waals surface area (Å²) >= 11 is 7.07. The van der Waals surface area contributed by atoms with Crippen LogP contribution >= 0.6 is 31.9 Å². The molecule has 7 heteroatoms. The molecule has 0 bridgehead atoms. The Balaban J connectivity index is 1.61. The molecular formula is C29H26Br2N2O3. The van der Waals surface area contributed by atoms with Gasteiger partial charge in [-0.2, -0.15) is 0 Å². The summed E-state index contributed by atoms with van der Waals surface area (Å²) in [4.78, 5) is 28.2. The standard InChI is InChI=1S/C29H26Br2N2O3/c1-32-29(35)25(17-20-7-3-2-4-8-20)33(18-21-11-14-23(30)15-12-21)27(34)19-36-26-16-13-22-9-5-6-10-24(22)28(26)31/h2-16,25H,17-19H2,1H3,(H,32,35). The maximum Gasteiger partial charge on any atom is 0.261 e. The summed E-state index contributed by atoms with van der Waals surface area (Å²) in [5, 5.41) is 4.80. The van der Waals surface area contributed by atoms with Crippen molar-refractivity contribution in [2.45, 2.75) is 19.0 Å². The van der Waals surface area contributed by atoms with E-state index in [0.717, 1.165) is 30.8 Å². The molecule has 1 unspecified atom stereocenters. The van der Waals surface area contributed by atoms with E-state index >= 15 is 0 Å². The quantitative estimate of drug-likeness (QED) is 0.248. The van der Waals surface area contributed by atoms with Crippen LogP contribution < -0.4 is 10.1 Å². The number of halogens is 2. The number of rotatable bonds is 9. The Morgan fingerprint density at radius 2 is 1.56 bits per heavy atom. The smallest absolute Gasteiger partial charge is 0.261 e. The molecule has 0 spiro atoms. The molecule has 1 N–H and O–H groups in total. The van der Waals surface area contributed by atoms with Crippen LogP contribution in [0.2, 0.25) is 0 Å². The fourth-order valence-corrected chi connectivity index (χ4v) is 4.93. The molecule has 1 atom stereocenters. The maximum absolute atomic E-state index is 13.6. The predicted octanol–water partition coefficient (Wildman–Crippen LogP) is 6.13. The van der Waals surface area contributed by atoms with E-state index in [-0.39, 0.29) is 25.0 Å². The lowest BCUT2D eigenvalue weighted by Crippen LogP contribution is -2.51. The molecule has 0 aromatic heterocycles. The van der Waals surface area contributed by atoms with Crippen molar-refractivity contribution in [2.75, 3.05) is 13.7 Å². The summed E-state index contributed by atoms with van der Waals surface area (Å²) in [5.41, 5.74) is 1.89. The molecule has 184 valence electrons. The van der Waals surface area contributed by atoms with Crippen molar-refractivity contribution in [1.29, 1.82) is 0 Å². The van der Waals surface area contributed by atoms with Gasteiger partial charge in [0, 0.05) is 24.5 Å². The van der Waals surface area contributed by atoms with E-state index in [1.807, 2.05) is 91.0 Å². The number of ether oxygens (including phenoxy) is 1. The largest absolute Gasteiger partial charge is 0.483 e. The number of benzene rings is 4. The van der Waals surface area contributed by atoms with Gasteiger partial charge in [-0.15, -0.1) is 0 Å². The lowest BCUT2D eigenvalue weighted by molar-refractivity contribution is -0.142. The molecule has 0 saturated heterocycles. The van der Waals surface area contributed by atoms with Crippen molar-refractivity contribution in [1.82, 2.24) is 10.2 Å². The molecule has 0 aliphatic carbocycles. The second-order valence-electron chi connectivity index (χ2n) is 8.36.